The Morgan fingerprint density at radius 2 is 1.92 bits per heavy atom. The standard InChI is InChI=1S/C15H20FN4O14P3/c1-2-3-15(23)7(5-21)9(6-31-36(27,28)34-37(29,30)33-35(24,25)26)32-13(15)20-4-8(16)10-11(20)18-14(17)19-12(10)22/h4,7,9,13,21,23H,5-6H2,1H3,(H,27,28)(H,29,30)(H2,24,25,26)(H3,17,18,19,22)/t7?,9-,13-,15?/m1/s1. The summed E-state index contributed by atoms with van der Waals surface area (Å²) in [5, 5.41) is 20.7. The van der Waals surface area contributed by atoms with Gasteiger partial charge in [0.25, 0.3) is 5.56 Å². The molecule has 0 aliphatic carbocycles. The average molecular weight is 592 g/mol. The van der Waals surface area contributed by atoms with E-state index in [4.69, 9.17) is 20.3 Å². The zero-order valence-electron chi connectivity index (χ0n) is 18.4. The number of nitrogens with two attached hydrogens (primary N) is 1. The van der Waals surface area contributed by atoms with Crippen molar-refractivity contribution in [3.63, 3.8) is 0 Å². The second kappa shape index (κ2) is 10.3. The molecular formula is C15H20FN4O14P3. The number of phosphoric acid groups is 3. The molecule has 3 heterocycles. The second-order valence-electron chi connectivity index (χ2n) is 7.44. The van der Waals surface area contributed by atoms with Gasteiger partial charge >= 0.3 is 23.5 Å². The Labute approximate surface area is 205 Å². The van der Waals surface area contributed by atoms with E-state index in [-0.39, 0.29) is 5.65 Å². The fourth-order valence-electron chi connectivity index (χ4n) is 3.65. The lowest BCUT2D eigenvalue weighted by Crippen LogP contribution is -2.43. The van der Waals surface area contributed by atoms with Gasteiger partial charge in [0.15, 0.2) is 23.3 Å². The number of halogens is 1. The summed E-state index contributed by atoms with van der Waals surface area (Å²) in [6, 6.07) is 0. The zero-order valence-corrected chi connectivity index (χ0v) is 21.0. The van der Waals surface area contributed by atoms with E-state index in [1.54, 1.807) is 0 Å². The lowest BCUT2D eigenvalue weighted by molar-refractivity contribution is -0.0701. The van der Waals surface area contributed by atoms with Crippen LogP contribution in [-0.4, -0.2) is 69.2 Å². The molecule has 9 N–H and O–H groups in total. The number of nitrogen functional groups attached to an aromatic ring is 1. The SMILES string of the molecule is CC#CC1(O)C(CO)[C@@H](COP(=O)(O)OP(=O)(O)OP(=O)(O)O)O[C@H]1n1cc(F)c2c(=O)[nH]c(N)nc21. The molecule has 0 radical (unpaired) electrons. The van der Waals surface area contributed by atoms with Gasteiger partial charge < -0.3 is 40.3 Å². The summed E-state index contributed by atoms with van der Waals surface area (Å²) < 4.78 is 67.1. The number of hydrogen-bond donors (Lipinski definition) is 8. The zero-order chi connectivity index (χ0) is 28.0. The fraction of sp³-hybridized carbons (Fsp3) is 0.467. The van der Waals surface area contributed by atoms with E-state index < -0.39 is 83.2 Å². The first-order valence-corrected chi connectivity index (χ1v) is 14.2. The number of phosphoric ester groups is 1. The van der Waals surface area contributed by atoms with Crippen molar-refractivity contribution in [1.82, 2.24) is 14.5 Å². The summed E-state index contributed by atoms with van der Waals surface area (Å²) in [7, 11) is -17.0. The number of aliphatic hydroxyl groups excluding tert-OH is 1. The largest absolute Gasteiger partial charge is 0.490 e. The molecule has 206 valence electrons. The third-order valence-electron chi connectivity index (χ3n) is 4.94. The van der Waals surface area contributed by atoms with Crippen LogP contribution in [0.2, 0.25) is 0 Å². The summed E-state index contributed by atoms with van der Waals surface area (Å²) in [5.74, 6) is 1.84. The highest BCUT2D eigenvalue weighted by molar-refractivity contribution is 7.66. The van der Waals surface area contributed by atoms with Crippen molar-refractivity contribution in [3.8, 4) is 11.8 Å². The Morgan fingerprint density at radius 1 is 1.27 bits per heavy atom. The van der Waals surface area contributed by atoms with Crippen LogP contribution in [0.5, 0.6) is 0 Å². The summed E-state index contributed by atoms with van der Waals surface area (Å²) in [6.07, 6.45) is -2.53. The highest BCUT2D eigenvalue weighted by Crippen LogP contribution is 2.66. The van der Waals surface area contributed by atoms with Gasteiger partial charge in [0, 0.05) is 6.20 Å². The Kier molecular flexibility index (Phi) is 8.22. The topological polar surface area (TPSA) is 286 Å². The first-order chi connectivity index (χ1) is 16.9. The van der Waals surface area contributed by atoms with Crippen molar-refractivity contribution in [2.75, 3.05) is 18.9 Å². The van der Waals surface area contributed by atoms with Crippen molar-refractivity contribution in [1.29, 1.82) is 0 Å². The van der Waals surface area contributed by atoms with Crippen molar-refractivity contribution in [2.45, 2.75) is 24.9 Å². The van der Waals surface area contributed by atoms with Crippen LogP contribution < -0.4 is 11.3 Å². The molecule has 18 nitrogen and oxygen atoms in total. The van der Waals surface area contributed by atoms with Crippen LogP contribution in [0.1, 0.15) is 13.2 Å². The van der Waals surface area contributed by atoms with Crippen molar-refractivity contribution in [2.24, 2.45) is 5.92 Å². The highest BCUT2D eigenvalue weighted by atomic mass is 31.3. The molecule has 0 amide bonds. The number of nitrogens with one attached hydrogen (secondary N) is 1. The van der Waals surface area contributed by atoms with Gasteiger partial charge in [0.2, 0.25) is 5.95 Å². The smallest absolute Gasteiger partial charge is 0.396 e. The van der Waals surface area contributed by atoms with Crippen LogP contribution in [0.15, 0.2) is 11.0 Å². The molecule has 0 aromatic carbocycles. The normalized spacial score (nSPS) is 27.4. The van der Waals surface area contributed by atoms with Gasteiger partial charge in [-0.2, -0.15) is 13.6 Å². The van der Waals surface area contributed by atoms with Gasteiger partial charge in [0.05, 0.1) is 25.2 Å². The number of aromatic nitrogens is 3. The number of aromatic amines is 1. The lowest BCUT2D eigenvalue weighted by atomic mass is 9.85. The number of fused-ring (bicyclic) bond motifs is 1. The molecule has 37 heavy (non-hydrogen) atoms. The number of nitrogens with zero attached hydrogens (tertiary/aromatic N) is 2. The Bertz CT molecular complexity index is 1460. The predicted molar refractivity (Wildman–Crippen MR) is 117 cm³/mol. The fourth-order valence-corrected chi connectivity index (χ4v) is 6.68. The van der Waals surface area contributed by atoms with Crippen molar-refractivity contribution in [3.05, 3.63) is 22.4 Å². The monoisotopic (exact) mass is 592 g/mol. The molecular weight excluding hydrogens is 572 g/mol. The van der Waals surface area contributed by atoms with Gasteiger partial charge in [-0.25, -0.2) is 18.1 Å². The highest BCUT2D eigenvalue weighted by Gasteiger charge is 2.57. The summed E-state index contributed by atoms with van der Waals surface area (Å²) in [4.78, 5) is 54.2. The molecule has 6 atom stereocenters. The maximum Gasteiger partial charge on any atom is 0.490 e. The number of aliphatic hydroxyl groups is 2. The van der Waals surface area contributed by atoms with Crippen LogP contribution in [0.25, 0.3) is 11.0 Å². The first-order valence-electron chi connectivity index (χ1n) is 9.70. The molecule has 1 fully saturated rings. The van der Waals surface area contributed by atoms with Crippen LogP contribution in [-0.2, 0) is 31.6 Å². The van der Waals surface area contributed by atoms with Crippen molar-refractivity contribution < 1.29 is 65.8 Å². The minimum absolute atomic E-state index is 0.384. The van der Waals surface area contributed by atoms with E-state index in [9.17, 15) is 42.9 Å². The molecule has 2 aromatic rings. The lowest BCUT2D eigenvalue weighted by Gasteiger charge is -2.28. The minimum atomic E-state index is -5.81. The Morgan fingerprint density at radius 3 is 2.49 bits per heavy atom. The first kappa shape index (κ1) is 29.6. The number of hydrogen-bond acceptors (Lipinski definition) is 12. The molecule has 1 aliphatic heterocycles. The number of ether oxygens (including phenoxy) is 1. The van der Waals surface area contributed by atoms with Gasteiger partial charge in [0.1, 0.15) is 5.39 Å². The van der Waals surface area contributed by atoms with Gasteiger partial charge in [-0.1, -0.05) is 5.92 Å². The van der Waals surface area contributed by atoms with Crippen LogP contribution in [0.3, 0.4) is 0 Å². The van der Waals surface area contributed by atoms with E-state index in [2.05, 4.69) is 35.0 Å². The van der Waals surface area contributed by atoms with E-state index >= 15 is 0 Å². The van der Waals surface area contributed by atoms with Crippen LogP contribution in [0.4, 0.5) is 10.3 Å². The van der Waals surface area contributed by atoms with Gasteiger partial charge in [-0.05, 0) is 6.92 Å². The quantitative estimate of drug-likeness (QED) is 0.129. The summed E-state index contributed by atoms with van der Waals surface area (Å²) in [6.45, 7) is -0.654. The minimum Gasteiger partial charge on any atom is -0.396 e. The molecule has 0 bridgehead atoms. The average Bonchev–Trinajstić information content (AvgIpc) is 3.17. The van der Waals surface area contributed by atoms with E-state index in [1.807, 2.05) is 0 Å². The summed E-state index contributed by atoms with van der Waals surface area (Å²) in [5.41, 5.74) is 1.83. The van der Waals surface area contributed by atoms with Gasteiger partial charge in [-0.3, -0.25) is 18.9 Å². The predicted octanol–water partition coefficient (Wildman–Crippen LogP) is -0.951. The Balaban J connectivity index is 1.95. The Hall–Kier alpha value is -2.00. The maximum absolute atomic E-state index is 14.6. The van der Waals surface area contributed by atoms with Gasteiger partial charge in [-0.15, -0.1) is 5.92 Å². The molecule has 22 heteroatoms. The third kappa shape index (κ3) is 6.36. The maximum atomic E-state index is 14.6. The summed E-state index contributed by atoms with van der Waals surface area (Å²) >= 11 is 0. The third-order valence-corrected chi connectivity index (χ3v) is 8.74. The molecule has 0 saturated carbocycles. The molecule has 3 rings (SSSR count). The van der Waals surface area contributed by atoms with Crippen LogP contribution in [0, 0.1) is 23.6 Å². The molecule has 0 spiro atoms. The van der Waals surface area contributed by atoms with E-state index in [1.165, 1.54) is 6.92 Å². The molecule has 1 saturated heterocycles. The van der Waals surface area contributed by atoms with Crippen molar-refractivity contribution >= 4 is 40.4 Å². The number of anilines is 1. The molecule has 1 aliphatic rings. The second-order valence-corrected chi connectivity index (χ2v) is 11.9. The van der Waals surface area contributed by atoms with E-state index in [0.29, 0.717) is 0 Å². The molecule has 4 unspecified atom stereocenters. The van der Waals surface area contributed by atoms with Crippen LogP contribution >= 0.6 is 23.5 Å². The number of rotatable bonds is 9. The van der Waals surface area contributed by atoms with E-state index in [0.717, 1.165) is 10.8 Å². The number of H-pyrrole nitrogens is 1. The molecule has 2 aromatic heterocycles.